The Hall–Kier alpha value is -3.20. The molecule has 0 saturated carbocycles. The number of carbonyl (C=O) groups excluding carboxylic acids is 2. The molecule has 0 N–H and O–H groups in total. The maximum atomic E-state index is 13.3. The van der Waals surface area contributed by atoms with Crippen LogP contribution in [-0.4, -0.2) is 12.3 Å². The van der Waals surface area contributed by atoms with Gasteiger partial charge in [0.05, 0.1) is 11.6 Å². The third kappa shape index (κ3) is 3.66. The molecule has 0 heterocycles. The SMILES string of the molecule is Cc1ccc(N(C=O)C(=O)C(c2ccccc2)c2ccccc2)cc1. The molecule has 0 aromatic heterocycles. The van der Waals surface area contributed by atoms with Gasteiger partial charge in [0.2, 0.25) is 12.3 Å². The van der Waals surface area contributed by atoms with E-state index in [4.69, 9.17) is 0 Å². The fourth-order valence-corrected chi connectivity index (χ4v) is 2.85. The highest BCUT2D eigenvalue weighted by atomic mass is 16.2. The molecular formula is C22H19NO2. The molecule has 3 aromatic rings. The number of anilines is 1. The van der Waals surface area contributed by atoms with Gasteiger partial charge in [0, 0.05) is 0 Å². The van der Waals surface area contributed by atoms with Gasteiger partial charge in [0.1, 0.15) is 0 Å². The summed E-state index contributed by atoms with van der Waals surface area (Å²) in [5, 5.41) is 0. The number of hydrogen-bond donors (Lipinski definition) is 0. The van der Waals surface area contributed by atoms with E-state index < -0.39 is 5.92 Å². The van der Waals surface area contributed by atoms with E-state index in [9.17, 15) is 9.59 Å². The van der Waals surface area contributed by atoms with Crippen LogP contribution in [0.3, 0.4) is 0 Å². The van der Waals surface area contributed by atoms with Gasteiger partial charge in [-0.15, -0.1) is 0 Å². The summed E-state index contributed by atoms with van der Waals surface area (Å²) in [6.45, 7) is 1.97. The predicted molar refractivity (Wildman–Crippen MR) is 99.5 cm³/mol. The van der Waals surface area contributed by atoms with Crippen LogP contribution in [0.2, 0.25) is 0 Å². The van der Waals surface area contributed by atoms with Crippen LogP contribution in [0.5, 0.6) is 0 Å². The monoisotopic (exact) mass is 329 g/mol. The minimum atomic E-state index is -0.533. The molecule has 0 unspecified atom stereocenters. The zero-order chi connectivity index (χ0) is 17.6. The van der Waals surface area contributed by atoms with Crippen molar-refractivity contribution in [3.05, 3.63) is 102 Å². The summed E-state index contributed by atoms with van der Waals surface area (Å²) < 4.78 is 0. The van der Waals surface area contributed by atoms with Crippen LogP contribution in [0.4, 0.5) is 5.69 Å². The summed E-state index contributed by atoms with van der Waals surface area (Å²) in [7, 11) is 0. The van der Waals surface area contributed by atoms with Gasteiger partial charge < -0.3 is 0 Å². The lowest BCUT2D eigenvalue weighted by molar-refractivity contribution is -0.122. The molecule has 0 saturated heterocycles. The van der Waals surface area contributed by atoms with Crippen LogP contribution in [0.1, 0.15) is 22.6 Å². The summed E-state index contributed by atoms with van der Waals surface area (Å²) in [6.07, 6.45) is 0.589. The Balaban J connectivity index is 2.04. The molecule has 0 atom stereocenters. The first-order valence-electron chi connectivity index (χ1n) is 8.15. The molecule has 3 rings (SSSR count). The van der Waals surface area contributed by atoms with Crippen molar-refractivity contribution in [3.8, 4) is 0 Å². The summed E-state index contributed by atoms with van der Waals surface area (Å²) in [5.74, 6) is -0.801. The molecule has 3 heteroatoms. The van der Waals surface area contributed by atoms with Gasteiger partial charge in [-0.25, -0.2) is 0 Å². The van der Waals surface area contributed by atoms with Crippen LogP contribution < -0.4 is 4.90 Å². The highest BCUT2D eigenvalue weighted by molar-refractivity contribution is 6.11. The lowest BCUT2D eigenvalue weighted by atomic mass is 9.90. The first kappa shape index (κ1) is 16.7. The highest BCUT2D eigenvalue weighted by Gasteiger charge is 2.28. The van der Waals surface area contributed by atoms with Crippen LogP contribution in [0, 0.1) is 6.92 Å². The van der Waals surface area contributed by atoms with Crippen molar-refractivity contribution in [3.63, 3.8) is 0 Å². The fourth-order valence-electron chi connectivity index (χ4n) is 2.85. The molecule has 25 heavy (non-hydrogen) atoms. The number of nitrogens with zero attached hydrogens (tertiary/aromatic N) is 1. The maximum Gasteiger partial charge on any atom is 0.245 e. The molecule has 0 aliphatic heterocycles. The molecule has 3 nitrogen and oxygen atoms in total. The predicted octanol–water partition coefficient (Wildman–Crippen LogP) is 4.32. The number of hydrogen-bond acceptors (Lipinski definition) is 2. The Kier molecular flexibility index (Phi) is 5.05. The molecule has 0 fully saturated rings. The van der Waals surface area contributed by atoms with E-state index in [-0.39, 0.29) is 5.91 Å². The average molecular weight is 329 g/mol. The second-order valence-electron chi connectivity index (χ2n) is 5.90. The maximum absolute atomic E-state index is 13.3. The number of benzene rings is 3. The van der Waals surface area contributed by atoms with Crippen molar-refractivity contribution < 1.29 is 9.59 Å². The first-order valence-corrected chi connectivity index (χ1v) is 8.15. The van der Waals surface area contributed by atoms with Gasteiger partial charge in [-0.3, -0.25) is 14.5 Å². The van der Waals surface area contributed by atoms with Crippen LogP contribution in [0.15, 0.2) is 84.9 Å². The molecule has 0 radical (unpaired) electrons. The quantitative estimate of drug-likeness (QED) is 0.654. The van der Waals surface area contributed by atoms with Crippen molar-refractivity contribution in [1.29, 1.82) is 0 Å². The van der Waals surface area contributed by atoms with E-state index in [0.717, 1.165) is 16.7 Å². The zero-order valence-electron chi connectivity index (χ0n) is 14.0. The Labute approximate surface area is 147 Å². The van der Waals surface area contributed by atoms with Crippen molar-refractivity contribution >= 4 is 18.0 Å². The standard InChI is InChI=1S/C22H19NO2/c1-17-12-14-20(15-13-17)23(16-24)22(25)21(18-8-4-2-5-9-18)19-10-6-3-7-11-19/h2-16,21H,1H3. The van der Waals surface area contributed by atoms with Gasteiger partial charge in [0.15, 0.2) is 0 Å². The summed E-state index contributed by atoms with van der Waals surface area (Å²) in [5.41, 5.74) is 3.36. The Morgan fingerprint density at radius 2 is 1.28 bits per heavy atom. The smallest absolute Gasteiger partial charge is 0.245 e. The minimum Gasteiger partial charge on any atom is -0.278 e. The van der Waals surface area contributed by atoms with E-state index in [1.165, 1.54) is 4.90 Å². The third-order valence-corrected chi connectivity index (χ3v) is 4.17. The number of rotatable bonds is 5. The van der Waals surface area contributed by atoms with Crippen molar-refractivity contribution in [2.45, 2.75) is 12.8 Å². The molecule has 3 aromatic carbocycles. The van der Waals surface area contributed by atoms with Gasteiger partial charge in [-0.05, 0) is 30.2 Å². The number of carbonyl (C=O) groups is 2. The first-order chi connectivity index (χ1) is 12.2. The Morgan fingerprint density at radius 1 is 0.800 bits per heavy atom. The molecular weight excluding hydrogens is 310 g/mol. The van der Waals surface area contributed by atoms with E-state index in [0.29, 0.717) is 12.1 Å². The van der Waals surface area contributed by atoms with Crippen LogP contribution in [-0.2, 0) is 9.59 Å². The Morgan fingerprint density at radius 3 is 1.72 bits per heavy atom. The second kappa shape index (κ2) is 7.58. The third-order valence-electron chi connectivity index (χ3n) is 4.17. The summed E-state index contributed by atoms with van der Waals surface area (Å²) >= 11 is 0. The summed E-state index contributed by atoms with van der Waals surface area (Å²) in [6, 6.07) is 26.4. The number of imide groups is 1. The van der Waals surface area contributed by atoms with Crippen LogP contribution >= 0.6 is 0 Å². The van der Waals surface area contributed by atoms with Gasteiger partial charge >= 0.3 is 0 Å². The zero-order valence-corrected chi connectivity index (χ0v) is 14.0. The molecule has 124 valence electrons. The molecule has 0 aliphatic carbocycles. The van der Waals surface area contributed by atoms with Gasteiger partial charge in [-0.2, -0.15) is 0 Å². The largest absolute Gasteiger partial charge is 0.278 e. The molecule has 2 amide bonds. The normalized spacial score (nSPS) is 10.5. The lowest BCUT2D eigenvalue weighted by Crippen LogP contribution is -2.34. The molecule has 0 aliphatic rings. The van der Waals surface area contributed by atoms with E-state index in [2.05, 4.69) is 0 Å². The highest BCUT2D eigenvalue weighted by Crippen LogP contribution is 2.28. The average Bonchev–Trinajstić information content (AvgIpc) is 2.66. The Bertz CT molecular complexity index is 803. The number of amides is 2. The molecule has 0 bridgehead atoms. The summed E-state index contributed by atoms with van der Waals surface area (Å²) in [4.78, 5) is 26.1. The topological polar surface area (TPSA) is 37.4 Å². The van der Waals surface area contributed by atoms with E-state index in [1.807, 2.05) is 79.7 Å². The van der Waals surface area contributed by atoms with Gasteiger partial charge in [-0.1, -0.05) is 78.4 Å². The van der Waals surface area contributed by atoms with Crippen molar-refractivity contribution in [2.75, 3.05) is 4.90 Å². The van der Waals surface area contributed by atoms with Crippen molar-refractivity contribution in [1.82, 2.24) is 0 Å². The van der Waals surface area contributed by atoms with E-state index in [1.54, 1.807) is 12.1 Å². The second-order valence-corrected chi connectivity index (χ2v) is 5.90. The van der Waals surface area contributed by atoms with E-state index >= 15 is 0 Å². The lowest BCUT2D eigenvalue weighted by Gasteiger charge is -2.23. The van der Waals surface area contributed by atoms with Crippen molar-refractivity contribution in [2.24, 2.45) is 0 Å². The fraction of sp³-hybridized carbons (Fsp3) is 0.0909. The number of aryl methyl sites for hydroxylation is 1. The van der Waals surface area contributed by atoms with Crippen LogP contribution in [0.25, 0.3) is 0 Å². The van der Waals surface area contributed by atoms with Gasteiger partial charge in [0.25, 0.3) is 0 Å². The minimum absolute atomic E-state index is 0.267. The molecule has 0 spiro atoms.